The molecule has 0 radical (unpaired) electrons. The van der Waals surface area contributed by atoms with Gasteiger partial charge in [-0.3, -0.25) is 14.4 Å². The summed E-state index contributed by atoms with van der Waals surface area (Å²) in [6.07, 6.45) is 1.45. The summed E-state index contributed by atoms with van der Waals surface area (Å²) >= 11 is 0. The molecule has 1 aliphatic rings. The Hall–Kier alpha value is -3.15. The largest absolute Gasteiger partial charge is 0.340 e. The minimum atomic E-state index is -0.660. The standard InChI is InChI=1S/C22H25N3O3/c1-15(2)20(24-21(27)16-7-4-3-5-8-16)22(28)23-17-10-12-18(13-11-17)25-14-6-9-19(25)26/h3-5,7-8,10-13,15,20H,6,9,14H2,1-2H3,(H,23,28)(H,24,27). The number of hydrogen-bond acceptors (Lipinski definition) is 3. The Bertz CT molecular complexity index is 847. The van der Waals surface area contributed by atoms with Crippen LogP contribution >= 0.6 is 0 Å². The van der Waals surface area contributed by atoms with Crippen LogP contribution < -0.4 is 15.5 Å². The molecular formula is C22H25N3O3. The summed E-state index contributed by atoms with van der Waals surface area (Å²) in [5.74, 6) is -0.504. The summed E-state index contributed by atoms with van der Waals surface area (Å²) in [4.78, 5) is 38.7. The topological polar surface area (TPSA) is 78.5 Å². The average Bonchev–Trinajstić information content (AvgIpc) is 3.12. The smallest absolute Gasteiger partial charge is 0.251 e. The molecule has 0 aromatic heterocycles. The molecule has 3 amide bonds. The van der Waals surface area contributed by atoms with Gasteiger partial charge in [-0.05, 0) is 48.7 Å². The summed E-state index contributed by atoms with van der Waals surface area (Å²) in [6.45, 7) is 4.50. The number of amides is 3. The minimum Gasteiger partial charge on any atom is -0.340 e. The van der Waals surface area contributed by atoms with Crippen LogP contribution in [0.5, 0.6) is 0 Å². The van der Waals surface area contributed by atoms with Crippen molar-refractivity contribution in [1.29, 1.82) is 0 Å². The molecule has 1 saturated heterocycles. The lowest BCUT2D eigenvalue weighted by Crippen LogP contribution is -2.47. The van der Waals surface area contributed by atoms with Crippen molar-refractivity contribution in [3.8, 4) is 0 Å². The Labute approximate surface area is 164 Å². The maximum absolute atomic E-state index is 12.7. The quantitative estimate of drug-likeness (QED) is 0.809. The lowest BCUT2D eigenvalue weighted by atomic mass is 10.0. The molecule has 6 heteroatoms. The molecule has 0 saturated carbocycles. The predicted octanol–water partition coefficient (Wildman–Crippen LogP) is 3.21. The first-order valence-electron chi connectivity index (χ1n) is 9.53. The SMILES string of the molecule is CC(C)C(NC(=O)c1ccccc1)C(=O)Nc1ccc(N2CCCC2=O)cc1. The first-order chi connectivity index (χ1) is 13.5. The molecule has 2 N–H and O–H groups in total. The molecule has 1 atom stereocenters. The molecule has 1 fully saturated rings. The van der Waals surface area contributed by atoms with Gasteiger partial charge in [-0.25, -0.2) is 0 Å². The molecule has 146 valence electrons. The highest BCUT2D eigenvalue weighted by Gasteiger charge is 2.25. The molecule has 3 rings (SSSR count). The monoisotopic (exact) mass is 379 g/mol. The fourth-order valence-corrected chi connectivity index (χ4v) is 3.21. The van der Waals surface area contributed by atoms with Crippen LogP contribution in [0.15, 0.2) is 54.6 Å². The second-order valence-corrected chi connectivity index (χ2v) is 7.25. The third-order valence-electron chi connectivity index (χ3n) is 4.79. The van der Waals surface area contributed by atoms with Gasteiger partial charge in [0, 0.05) is 29.9 Å². The summed E-state index contributed by atoms with van der Waals surface area (Å²) in [5.41, 5.74) is 1.97. The zero-order valence-electron chi connectivity index (χ0n) is 16.1. The number of carbonyl (C=O) groups excluding carboxylic acids is 3. The van der Waals surface area contributed by atoms with Gasteiger partial charge in [0.25, 0.3) is 5.91 Å². The Kier molecular flexibility index (Phi) is 6.09. The molecule has 0 bridgehead atoms. The van der Waals surface area contributed by atoms with E-state index in [2.05, 4.69) is 10.6 Å². The predicted molar refractivity (Wildman–Crippen MR) is 109 cm³/mol. The first-order valence-corrected chi connectivity index (χ1v) is 9.53. The van der Waals surface area contributed by atoms with E-state index < -0.39 is 6.04 Å². The van der Waals surface area contributed by atoms with Crippen molar-refractivity contribution in [2.24, 2.45) is 5.92 Å². The fraction of sp³-hybridized carbons (Fsp3) is 0.318. The van der Waals surface area contributed by atoms with Crippen LogP contribution in [0.2, 0.25) is 0 Å². The zero-order valence-corrected chi connectivity index (χ0v) is 16.1. The van der Waals surface area contributed by atoms with E-state index in [1.54, 1.807) is 41.3 Å². The van der Waals surface area contributed by atoms with Gasteiger partial charge in [-0.2, -0.15) is 0 Å². The van der Waals surface area contributed by atoms with E-state index in [4.69, 9.17) is 0 Å². The van der Waals surface area contributed by atoms with Gasteiger partial charge in [0.05, 0.1) is 0 Å². The van der Waals surface area contributed by atoms with E-state index in [0.29, 0.717) is 17.7 Å². The molecule has 2 aromatic carbocycles. The lowest BCUT2D eigenvalue weighted by molar-refractivity contribution is -0.119. The molecule has 1 aliphatic heterocycles. The zero-order chi connectivity index (χ0) is 20.1. The highest BCUT2D eigenvalue weighted by atomic mass is 16.2. The Morgan fingerprint density at radius 1 is 1.00 bits per heavy atom. The number of benzene rings is 2. The van der Waals surface area contributed by atoms with Gasteiger partial charge >= 0.3 is 0 Å². The van der Waals surface area contributed by atoms with E-state index in [0.717, 1.165) is 18.7 Å². The van der Waals surface area contributed by atoms with E-state index in [1.165, 1.54) is 0 Å². The highest BCUT2D eigenvalue weighted by molar-refractivity contribution is 6.01. The summed E-state index contributed by atoms with van der Waals surface area (Å²) < 4.78 is 0. The Morgan fingerprint density at radius 3 is 2.25 bits per heavy atom. The molecule has 2 aromatic rings. The second-order valence-electron chi connectivity index (χ2n) is 7.25. The van der Waals surface area contributed by atoms with Crippen molar-refractivity contribution in [3.63, 3.8) is 0 Å². The number of hydrogen-bond donors (Lipinski definition) is 2. The number of carbonyl (C=O) groups is 3. The van der Waals surface area contributed by atoms with E-state index in [9.17, 15) is 14.4 Å². The minimum absolute atomic E-state index is 0.0749. The van der Waals surface area contributed by atoms with E-state index >= 15 is 0 Å². The second kappa shape index (κ2) is 8.69. The number of rotatable bonds is 6. The van der Waals surface area contributed by atoms with Crippen LogP contribution in [0.4, 0.5) is 11.4 Å². The Balaban J connectivity index is 1.65. The van der Waals surface area contributed by atoms with Crippen molar-refractivity contribution >= 4 is 29.1 Å². The van der Waals surface area contributed by atoms with Gasteiger partial charge < -0.3 is 15.5 Å². The van der Waals surface area contributed by atoms with Crippen LogP contribution in [0, 0.1) is 5.92 Å². The fourth-order valence-electron chi connectivity index (χ4n) is 3.21. The molecular weight excluding hydrogens is 354 g/mol. The van der Waals surface area contributed by atoms with Crippen molar-refractivity contribution in [2.75, 3.05) is 16.8 Å². The summed E-state index contributed by atoms with van der Waals surface area (Å²) in [7, 11) is 0. The van der Waals surface area contributed by atoms with Crippen LogP contribution in [-0.4, -0.2) is 30.3 Å². The third kappa shape index (κ3) is 4.57. The van der Waals surface area contributed by atoms with Crippen molar-refractivity contribution < 1.29 is 14.4 Å². The molecule has 6 nitrogen and oxygen atoms in total. The molecule has 1 heterocycles. The van der Waals surface area contributed by atoms with E-state index in [-0.39, 0.29) is 23.6 Å². The van der Waals surface area contributed by atoms with Crippen LogP contribution in [0.3, 0.4) is 0 Å². The number of nitrogens with one attached hydrogen (secondary N) is 2. The maximum atomic E-state index is 12.7. The summed E-state index contributed by atoms with van der Waals surface area (Å²) in [6, 6.07) is 15.4. The van der Waals surface area contributed by atoms with Crippen molar-refractivity contribution in [1.82, 2.24) is 5.32 Å². The van der Waals surface area contributed by atoms with Crippen LogP contribution in [0.25, 0.3) is 0 Å². The van der Waals surface area contributed by atoms with Gasteiger partial charge in [-0.1, -0.05) is 32.0 Å². The first kappa shape index (κ1) is 19.6. The highest BCUT2D eigenvalue weighted by Crippen LogP contribution is 2.23. The third-order valence-corrected chi connectivity index (χ3v) is 4.79. The number of anilines is 2. The van der Waals surface area contributed by atoms with E-state index in [1.807, 2.05) is 32.0 Å². The van der Waals surface area contributed by atoms with Crippen molar-refractivity contribution in [2.45, 2.75) is 32.7 Å². The molecule has 1 unspecified atom stereocenters. The van der Waals surface area contributed by atoms with Gasteiger partial charge in [-0.15, -0.1) is 0 Å². The Morgan fingerprint density at radius 2 is 1.68 bits per heavy atom. The van der Waals surface area contributed by atoms with Crippen LogP contribution in [0.1, 0.15) is 37.0 Å². The average molecular weight is 379 g/mol. The van der Waals surface area contributed by atoms with Gasteiger partial charge in [0.2, 0.25) is 11.8 Å². The van der Waals surface area contributed by atoms with Crippen molar-refractivity contribution in [3.05, 3.63) is 60.2 Å². The maximum Gasteiger partial charge on any atom is 0.251 e. The lowest BCUT2D eigenvalue weighted by Gasteiger charge is -2.22. The molecule has 0 spiro atoms. The summed E-state index contributed by atoms with van der Waals surface area (Å²) in [5, 5.41) is 5.66. The van der Waals surface area contributed by atoms with Crippen LogP contribution in [-0.2, 0) is 9.59 Å². The van der Waals surface area contributed by atoms with Gasteiger partial charge in [0.1, 0.15) is 6.04 Å². The normalized spacial score (nSPS) is 14.8. The molecule has 0 aliphatic carbocycles. The number of nitrogens with zero attached hydrogens (tertiary/aromatic N) is 1. The van der Waals surface area contributed by atoms with Gasteiger partial charge in [0.15, 0.2) is 0 Å². The molecule has 28 heavy (non-hydrogen) atoms.